The molecule has 9 nitrogen and oxygen atoms in total. The number of rotatable bonds is 15. The number of ether oxygens (including phenoxy) is 4. The van der Waals surface area contributed by atoms with Crippen LogP contribution in [0.25, 0.3) is 0 Å². The maximum absolute atomic E-state index is 11.7. The summed E-state index contributed by atoms with van der Waals surface area (Å²) in [6, 6.07) is 9.36. The van der Waals surface area contributed by atoms with Crippen LogP contribution in [0.4, 0.5) is 4.79 Å². The van der Waals surface area contributed by atoms with Crippen LogP contribution in [0.5, 0.6) is 0 Å². The molecule has 0 fully saturated rings. The fourth-order valence-electron chi connectivity index (χ4n) is 2.10. The molecule has 0 radical (unpaired) electrons. The van der Waals surface area contributed by atoms with Gasteiger partial charge in [0.2, 0.25) is 5.91 Å². The van der Waals surface area contributed by atoms with Gasteiger partial charge in [0.25, 0.3) is 0 Å². The molecule has 2 N–H and O–H groups in total. The number of carbonyl (C=O) groups is 3. The van der Waals surface area contributed by atoms with Crippen molar-refractivity contribution in [2.24, 2.45) is 0 Å². The molecule has 0 aliphatic rings. The van der Waals surface area contributed by atoms with Crippen molar-refractivity contribution >= 4 is 18.0 Å². The van der Waals surface area contributed by atoms with Crippen molar-refractivity contribution < 1.29 is 33.3 Å². The molecule has 0 atom stereocenters. The van der Waals surface area contributed by atoms with E-state index in [1.165, 1.54) is 0 Å². The van der Waals surface area contributed by atoms with E-state index in [4.69, 9.17) is 18.9 Å². The predicted molar refractivity (Wildman–Crippen MR) is 105 cm³/mol. The molecule has 0 spiro atoms. The van der Waals surface area contributed by atoms with Gasteiger partial charge in [0.1, 0.15) is 6.61 Å². The Morgan fingerprint density at radius 2 is 1.48 bits per heavy atom. The van der Waals surface area contributed by atoms with Gasteiger partial charge in [-0.15, -0.1) is 0 Å². The van der Waals surface area contributed by atoms with Crippen LogP contribution in [0, 0.1) is 0 Å². The molecule has 0 bridgehead atoms. The third-order valence-electron chi connectivity index (χ3n) is 3.53. The molecule has 0 heterocycles. The molecule has 0 aliphatic carbocycles. The highest BCUT2D eigenvalue weighted by Crippen LogP contribution is 2.00. The number of hydrogen-bond donors (Lipinski definition) is 2. The molecule has 0 saturated heterocycles. The minimum Gasteiger partial charge on any atom is -0.466 e. The molecule has 2 amide bonds. The minimum absolute atomic E-state index is 0.173. The summed E-state index contributed by atoms with van der Waals surface area (Å²) in [5, 5.41) is 5.24. The van der Waals surface area contributed by atoms with Gasteiger partial charge < -0.3 is 29.6 Å². The fourth-order valence-corrected chi connectivity index (χ4v) is 2.10. The van der Waals surface area contributed by atoms with Crippen LogP contribution < -0.4 is 10.6 Å². The molecule has 0 aliphatic heterocycles. The Balaban J connectivity index is 1.89. The Bertz CT molecular complexity index is 596. The van der Waals surface area contributed by atoms with E-state index in [-0.39, 0.29) is 51.1 Å². The smallest absolute Gasteiger partial charge is 0.407 e. The lowest BCUT2D eigenvalue weighted by Crippen LogP contribution is -2.35. The van der Waals surface area contributed by atoms with Gasteiger partial charge in [0.15, 0.2) is 0 Å². The minimum atomic E-state index is -0.533. The average Bonchev–Trinajstić information content (AvgIpc) is 2.72. The van der Waals surface area contributed by atoms with Crippen molar-refractivity contribution in [3.63, 3.8) is 0 Å². The van der Waals surface area contributed by atoms with Gasteiger partial charge in [0.05, 0.1) is 39.5 Å². The zero-order chi connectivity index (χ0) is 21.2. The summed E-state index contributed by atoms with van der Waals surface area (Å²) in [4.78, 5) is 34.3. The largest absolute Gasteiger partial charge is 0.466 e. The Hall–Kier alpha value is -2.65. The number of alkyl carbamates (subject to hydrolysis) is 1. The molecule has 162 valence electrons. The second-order valence-corrected chi connectivity index (χ2v) is 5.87. The van der Waals surface area contributed by atoms with Gasteiger partial charge in [0, 0.05) is 19.5 Å². The van der Waals surface area contributed by atoms with Crippen molar-refractivity contribution in [2.45, 2.75) is 26.4 Å². The van der Waals surface area contributed by atoms with Gasteiger partial charge in [-0.3, -0.25) is 9.59 Å². The molecule has 1 rings (SSSR count). The first-order chi connectivity index (χ1) is 14.1. The molecule has 9 heteroatoms. The van der Waals surface area contributed by atoms with Crippen LogP contribution in [0.1, 0.15) is 25.3 Å². The van der Waals surface area contributed by atoms with Crippen molar-refractivity contribution in [2.75, 3.05) is 46.1 Å². The van der Waals surface area contributed by atoms with Gasteiger partial charge >= 0.3 is 12.1 Å². The molecule has 0 unspecified atom stereocenters. The molecule has 1 aromatic rings. The highest BCUT2D eigenvalue weighted by molar-refractivity contribution is 5.76. The SMILES string of the molecule is CCOC(=O)CCOCCOCCC(=O)NCCNC(=O)OCc1ccccc1. The second kappa shape index (κ2) is 16.3. The standard InChI is InChI=1S/C20H30N2O7/c1-2-28-19(24)9-13-27-15-14-26-12-8-18(23)21-10-11-22-20(25)29-16-17-6-4-3-5-7-17/h3-7H,2,8-16H2,1H3,(H,21,23)(H,22,25). The molecule has 0 saturated carbocycles. The van der Waals surface area contributed by atoms with Crippen LogP contribution in [0.3, 0.4) is 0 Å². The molecule has 0 aromatic heterocycles. The quantitative estimate of drug-likeness (QED) is 0.332. The summed E-state index contributed by atoms with van der Waals surface area (Å²) < 4.78 is 20.3. The summed E-state index contributed by atoms with van der Waals surface area (Å²) >= 11 is 0. The summed E-state index contributed by atoms with van der Waals surface area (Å²) in [5.41, 5.74) is 0.903. The Morgan fingerprint density at radius 1 is 0.828 bits per heavy atom. The molecular weight excluding hydrogens is 380 g/mol. The third-order valence-corrected chi connectivity index (χ3v) is 3.53. The lowest BCUT2D eigenvalue weighted by molar-refractivity contribution is -0.144. The maximum Gasteiger partial charge on any atom is 0.407 e. The van der Waals surface area contributed by atoms with Crippen LogP contribution in [-0.2, 0) is 35.1 Å². The number of carbonyl (C=O) groups excluding carboxylic acids is 3. The van der Waals surface area contributed by atoms with Gasteiger partial charge in [-0.1, -0.05) is 30.3 Å². The Morgan fingerprint density at radius 3 is 2.17 bits per heavy atom. The van der Waals surface area contributed by atoms with Crippen molar-refractivity contribution in [1.82, 2.24) is 10.6 Å². The summed E-state index contributed by atoms with van der Waals surface area (Å²) in [5.74, 6) is -0.461. The topological polar surface area (TPSA) is 112 Å². The van der Waals surface area contributed by atoms with Gasteiger partial charge in [-0.2, -0.15) is 0 Å². The van der Waals surface area contributed by atoms with E-state index in [1.54, 1.807) is 6.92 Å². The third kappa shape index (κ3) is 14.1. The van der Waals surface area contributed by atoms with E-state index in [1.807, 2.05) is 30.3 Å². The number of benzene rings is 1. The van der Waals surface area contributed by atoms with E-state index in [9.17, 15) is 14.4 Å². The van der Waals surface area contributed by atoms with Crippen LogP contribution in [0.2, 0.25) is 0 Å². The Labute approximate surface area is 171 Å². The highest BCUT2D eigenvalue weighted by atomic mass is 16.6. The highest BCUT2D eigenvalue weighted by Gasteiger charge is 2.04. The zero-order valence-electron chi connectivity index (χ0n) is 16.8. The van der Waals surface area contributed by atoms with E-state index >= 15 is 0 Å². The maximum atomic E-state index is 11.7. The van der Waals surface area contributed by atoms with Crippen molar-refractivity contribution in [3.8, 4) is 0 Å². The van der Waals surface area contributed by atoms with Crippen LogP contribution >= 0.6 is 0 Å². The average molecular weight is 410 g/mol. The van der Waals surface area contributed by atoms with Crippen LogP contribution in [-0.4, -0.2) is 64.1 Å². The number of hydrogen-bond acceptors (Lipinski definition) is 7. The number of esters is 1. The first kappa shape index (κ1) is 24.4. The summed E-state index contributed by atoms with van der Waals surface area (Å²) in [7, 11) is 0. The number of nitrogens with one attached hydrogen (secondary N) is 2. The van der Waals surface area contributed by atoms with Gasteiger partial charge in [-0.25, -0.2) is 4.79 Å². The van der Waals surface area contributed by atoms with Crippen LogP contribution in [0.15, 0.2) is 30.3 Å². The lowest BCUT2D eigenvalue weighted by Gasteiger charge is -2.09. The molecule has 1 aromatic carbocycles. The molecule has 29 heavy (non-hydrogen) atoms. The first-order valence-corrected chi connectivity index (χ1v) is 9.64. The second-order valence-electron chi connectivity index (χ2n) is 5.87. The zero-order valence-corrected chi connectivity index (χ0v) is 16.8. The normalized spacial score (nSPS) is 10.2. The van der Waals surface area contributed by atoms with E-state index in [0.717, 1.165) is 5.56 Å². The van der Waals surface area contributed by atoms with Crippen molar-refractivity contribution in [3.05, 3.63) is 35.9 Å². The van der Waals surface area contributed by atoms with Crippen molar-refractivity contribution in [1.29, 1.82) is 0 Å². The summed E-state index contributed by atoms with van der Waals surface area (Å²) in [6.07, 6.45) is -0.111. The lowest BCUT2D eigenvalue weighted by atomic mass is 10.2. The van der Waals surface area contributed by atoms with E-state index < -0.39 is 6.09 Å². The predicted octanol–water partition coefficient (Wildman–Crippen LogP) is 1.41. The summed E-state index contributed by atoms with van der Waals surface area (Å²) in [6.45, 7) is 4.11. The van der Waals surface area contributed by atoms with E-state index in [2.05, 4.69) is 10.6 Å². The number of amides is 2. The fraction of sp³-hybridized carbons (Fsp3) is 0.550. The first-order valence-electron chi connectivity index (χ1n) is 9.64. The van der Waals surface area contributed by atoms with E-state index in [0.29, 0.717) is 26.4 Å². The molecular formula is C20H30N2O7. The Kier molecular flexibility index (Phi) is 13.7. The monoisotopic (exact) mass is 410 g/mol. The van der Waals surface area contributed by atoms with Gasteiger partial charge in [-0.05, 0) is 12.5 Å².